The molecular formula is C37H72N16O6. The van der Waals surface area contributed by atoms with Crippen molar-refractivity contribution in [1.82, 2.24) is 74.4 Å². The van der Waals surface area contributed by atoms with E-state index in [-0.39, 0.29) is 17.4 Å². The van der Waals surface area contributed by atoms with Crippen LogP contribution in [0.2, 0.25) is 0 Å². The second kappa shape index (κ2) is 36.7. The molecule has 0 heterocycles. The predicted octanol–water partition coefficient (Wildman–Crippen LogP) is -7.45. The van der Waals surface area contributed by atoms with Gasteiger partial charge in [-0.05, 0) is 19.1 Å². The minimum Gasteiger partial charge on any atom is -0.351 e. The second-order valence-corrected chi connectivity index (χ2v) is 13.2. The molecule has 0 unspecified atom stereocenters. The first-order valence-electron chi connectivity index (χ1n) is 20.6. The van der Waals surface area contributed by atoms with E-state index >= 15 is 0 Å². The van der Waals surface area contributed by atoms with Gasteiger partial charge in [-0.15, -0.1) is 0 Å². The van der Waals surface area contributed by atoms with Gasteiger partial charge in [-0.1, -0.05) is 11.6 Å². The molecule has 0 radical (unpaired) electrons. The number of nitrogens with one attached hydrogen (secondary N) is 14. The Hall–Kier alpha value is -4.36. The van der Waals surface area contributed by atoms with Crippen molar-refractivity contribution in [3.8, 4) is 0 Å². The van der Waals surface area contributed by atoms with E-state index in [1.165, 1.54) is 0 Å². The topological polar surface area (TPSA) is 323 Å². The molecule has 18 N–H and O–H groups in total. The first kappa shape index (κ1) is 52.7. The molecule has 59 heavy (non-hydrogen) atoms. The summed E-state index contributed by atoms with van der Waals surface area (Å²) < 4.78 is 0. The normalized spacial score (nSPS) is 10.8. The maximum absolute atomic E-state index is 13.0. The summed E-state index contributed by atoms with van der Waals surface area (Å²) in [7, 11) is 0. The van der Waals surface area contributed by atoms with Crippen molar-refractivity contribution in [2.24, 2.45) is 11.5 Å². The van der Waals surface area contributed by atoms with Crippen molar-refractivity contribution in [2.45, 2.75) is 6.92 Å². The summed E-state index contributed by atoms with van der Waals surface area (Å²) in [5.41, 5.74) is 12.2. The van der Waals surface area contributed by atoms with Crippen molar-refractivity contribution in [1.29, 1.82) is 0 Å². The zero-order valence-corrected chi connectivity index (χ0v) is 34.8. The molecule has 0 atom stereocenters. The third-order valence-corrected chi connectivity index (χ3v) is 8.16. The van der Waals surface area contributed by atoms with E-state index in [4.69, 9.17) is 11.5 Å². The lowest BCUT2D eigenvalue weighted by Crippen LogP contribution is -2.44. The maximum atomic E-state index is 13.0. The van der Waals surface area contributed by atoms with Crippen LogP contribution in [-0.2, 0) is 19.2 Å². The van der Waals surface area contributed by atoms with Gasteiger partial charge in [0.25, 0.3) is 11.8 Å². The highest BCUT2D eigenvalue weighted by Crippen LogP contribution is 2.12. The third kappa shape index (κ3) is 28.7. The van der Waals surface area contributed by atoms with E-state index in [2.05, 4.69) is 74.4 Å². The molecule has 1 rings (SSSR count). The summed E-state index contributed by atoms with van der Waals surface area (Å²) in [6.45, 7) is 15.1. The molecular weight excluding hydrogens is 765 g/mol. The molecule has 0 saturated carbocycles. The van der Waals surface area contributed by atoms with E-state index in [9.17, 15) is 28.8 Å². The lowest BCUT2D eigenvalue weighted by molar-refractivity contribution is -0.139. The minimum atomic E-state index is -0.678. The molecule has 0 bridgehead atoms. The summed E-state index contributed by atoms with van der Waals surface area (Å²) in [5, 5.41) is 41.4. The quantitative estimate of drug-likeness (QED) is 0.0221. The smallest absolute Gasteiger partial charge is 0.309 e. The van der Waals surface area contributed by atoms with E-state index in [0.717, 1.165) is 44.8 Å². The molecule has 336 valence electrons. The second-order valence-electron chi connectivity index (χ2n) is 13.2. The summed E-state index contributed by atoms with van der Waals surface area (Å²) in [6.07, 6.45) is 0. The van der Waals surface area contributed by atoms with Crippen LogP contribution in [-0.4, -0.2) is 193 Å². The Bertz CT molecular complexity index is 1340. The van der Waals surface area contributed by atoms with Gasteiger partial charge in [-0.2, -0.15) is 0 Å². The summed E-state index contributed by atoms with van der Waals surface area (Å²) >= 11 is 0. The molecule has 6 amide bonds. The monoisotopic (exact) mass is 837 g/mol. The van der Waals surface area contributed by atoms with Crippen molar-refractivity contribution < 1.29 is 28.8 Å². The fourth-order valence-electron chi connectivity index (χ4n) is 5.05. The van der Waals surface area contributed by atoms with Gasteiger partial charge in [0.15, 0.2) is 0 Å². The van der Waals surface area contributed by atoms with Gasteiger partial charge >= 0.3 is 23.6 Å². The third-order valence-electron chi connectivity index (χ3n) is 8.16. The van der Waals surface area contributed by atoms with E-state index < -0.39 is 23.6 Å². The van der Waals surface area contributed by atoms with E-state index in [1.807, 2.05) is 6.92 Å². The first-order chi connectivity index (χ1) is 28.7. The fraction of sp³-hybridized carbons (Fsp3) is 0.676. The molecule has 1 aromatic rings. The number of hydrogen-bond donors (Lipinski definition) is 16. The molecule has 1 aromatic carbocycles. The van der Waals surface area contributed by atoms with Crippen LogP contribution in [0.25, 0.3) is 0 Å². The van der Waals surface area contributed by atoms with Gasteiger partial charge < -0.3 is 85.9 Å². The molecule has 0 fully saturated rings. The van der Waals surface area contributed by atoms with Crippen LogP contribution in [0.1, 0.15) is 26.3 Å². The van der Waals surface area contributed by atoms with E-state index in [0.29, 0.717) is 123 Å². The van der Waals surface area contributed by atoms with Gasteiger partial charge in [0, 0.05) is 157 Å². The predicted molar refractivity (Wildman–Crippen MR) is 229 cm³/mol. The van der Waals surface area contributed by atoms with Crippen LogP contribution < -0.4 is 85.9 Å². The highest BCUT2D eigenvalue weighted by atomic mass is 16.2. The van der Waals surface area contributed by atoms with Crippen molar-refractivity contribution in [3.05, 3.63) is 34.9 Å². The summed E-state index contributed by atoms with van der Waals surface area (Å²) in [5.74, 6) is -3.39. The fourth-order valence-corrected chi connectivity index (χ4v) is 5.05. The number of rotatable bonds is 36. The number of nitrogens with two attached hydrogens (primary N) is 2. The van der Waals surface area contributed by atoms with Crippen LogP contribution in [0.4, 0.5) is 0 Å². The summed E-state index contributed by atoms with van der Waals surface area (Å²) in [4.78, 5) is 73.5. The first-order valence-corrected chi connectivity index (χ1v) is 20.6. The molecule has 22 heteroatoms. The van der Waals surface area contributed by atoms with E-state index in [1.54, 1.807) is 18.2 Å². The number of benzene rings is 1. The van der Waals surface area contributed by atoms with Crippen molar-refractivity contribution in [2.75, 3.05) is 157 Å². The molecule has 0 aliphatic heterocycles. The Labute approximate surface area is 348 Å². The molecule has 0 aromatic heterocycles. The molecule has 0 saturated heterocycles. The Balaban J connectivity index is 2.11. The van der Waals surface area contributed by atoms with Crippen molar-refractivity contribution in [3.63, 3.8) is 0 Å². The maximum Gasteiger partial charge on any atom is 0.309 e. The average Bonchev–Trinajstić information content (AvgIpc) is 3.23. The Morgan fingerprint density at radius 1 is 0.356 bits per heavy atom. The zero-order chi connectivity index (χ0) is 43.2. The zero-order valence-electron chi connectivity index (χ0n) is 34.8. The van der Waals surface area contributed by atoms with Crippen LogP contribution in [0, 0.1) is 6.92 Å². The number of carbonyl (C=O) groups is 6. The summed E-state index contributed by atoms with van der Waals surface area (Å²) in [6, 6.07) is 5.12. The Morgan fingerprint density at radius 3 is 0.915 bits per heavy atom. The van der Waals surface area contributed by atoms with Gasteiger partial charge in [-0.25, -0.2) is 0 Å². The standard InChI is InChI=1S/C37H72N16O6/c1-29-2-3-30(32(54)48-22-16-44-12-14-46-20-26-52-36(58)34(56)50-24-18-42-10-8-40-6-4-38)31(28-29)33(55)49-23-17-45-13-15-47-21-27-53-37(59)35(57)51-25-19-43-11-9-41-7-5-39/h2-3,28,40-47H,4-27,38-39H2,1H3,(H,48,54)(H,49,55)(H,50,56)(H,51,57)(H,52,58)(H,53,59). The lowest BCUT2D eigenvalue weighted by Gasteiger charge is -2.13. The minimum absolute atomic E-state index is 0.287. The Morgan fingerprint density at radius 2 is 0.610 bits per heavy atom. The highest BCUT2D eigenvalue weighted by Gasteiger charge is 2.17. The lowest BCUT2D eigenvalue weighted by atomic mass is 10.0. The number of hydrogen-bond acceptors (Lipinski definition) is 16. The van der Waals surface area contributed by atoms with Crippen LogP contribution >= 0.6 is 0 Å². The largest absolute Gasteiger partial charge is 0.351 e. The Kier molecular flexibility index (Phi) is 32.8. The van der Waals surface area contributed by atoms with Crippen molar-refractivity contribution >= 4 is 35.4 Å². The number of amides is 6. The van der Waals surface area contributed by atoms with Crippen LogP contribution in [0.3, 0.4) is 0 Å². The number of aryl methyl sites for hydroxylation is 1. The van der Waals surface area contributed by atoms with Crippen LogP contribution in [0.5, 0.6) is 0 Å². The highest BCUT2D eigenvalue weighted by molar-refractivity contribution is 6.35. The number of carbonyl (C=O) groups excluding carboxylic acids is 6. The van der Waals surface area contributed by atoms with Gasteiger partial charge in [0.2, 0.25) is 0 Å². The average molecular weight is 837 g/mol. The molecule has 0 aliphatic rings. The van der Waals surface area contributed by atoms with Gasteiger partial charge in [0.05, 0.1) is 11.1 Å². The molecule has 0 spiro atoms. The van der Waals surface area contributed by atoms with Gasteiger partial charge in [0.1, 0.15) is 0 Å². The van der Waals surface area contributed by atoms with Gasteiger partial charge in [-0.3, -0.25) is 28.8 Å². The molecule has 0 aliphatic carbocycles. The SMILES string of the molecule is Cc1ccc(C(=O)NCCNCCNCCNC(=O)C(=O)NCCNCCNCCN)c(C(=O)NCCNCCNCCNC(=O)C(=O)NCCNCCNCCN)c1. The van der Waals surface area contributed by atoms with Crippen LogP contribution in [0.15, 0.2) is 18.2 Å². The molecule has 22 nitrogen and oxygen atoms in total.